The summed E-state index contributed by atoms with van der Waals surface area (Å²) in [5.41, 5.74) is 2.60. The number of hydrogen-bond acceptors (Lipinski definition) is 3. The Hall–Kier alpha value is -2.04. The predicted octanol–water partition coefficient (Wildman–Crippen LogP) is 2.79. The van der Waals surface area contributed by atoms with Crippen LogP contribution >= 0.6 is 0 Å². The molecule has 2 rings (SSSR count). The lowest BCUT2D eigenvalue weighted by Gasteiger charge is -2.23. The molecule has 1 aromatic carbocycles. The maximum absolute atomic E-state index is 12.9. The molecule has 0 spiro atoms. The number of rotatable bonds is 4. The van der Waals surface area contributed by atoms with Gasteiger partial charge in [0.1, 0.15) is 5.75 Å². The third kappa shape index (κ3) is 4.08. The van der Waals surface area contributed by atoms with Crippen LogP contribution in [0, 0.1) is 13.8 Å². The van der Waals surface area contributed by atoms with Crippen molar-refractivity contribution in [2.24, 2.45) is 0 Å². The van der Waals surface area contributed by atoms with Gasteiger partial charge in [-0.3, -0.25) is 9.59 Å². The minimum absolute atomic E-state index is 0.0445. The first-order chi connectivity index (χ1) is 11.5. The highest BCUT2D eigenvalue weighted by molar-refractivity contribution is 5.96. The van der Waals surface area contributed by atoms with Crippen LogP contribution in [0.5, 0.6) is 5.75 Å². The Morgan fingerprint density at radius 1 is 1.04 bits per heavy atom. The summed E-state index contributed by atoms with van der Waals surface area (Å²) in [6.45, 7) is 8.55. The van der Waals surface area contributed by atoms with Gasteiger partial charge >= 0.3 is 0 Å². The van der Waals surface area contributed by atoms with Gasteiger partial charge in [0, 0.05) is 38.2 Å². The van der Waals surface area contributed by atoms with E-state index in [9.17, 15) is 9.59 Å². The van der Waals surface area contributed by atoms with Crippen molar-refractivity contribution >= 4 is 11.8 Å². The van der Waals surface area contributed by atoms with Crippen LogP contribution in [0.15, 0.2) is 12.1 Å². The van der Waals surface area contributed by atoms with Crippen LogP contribution in [0.2, 0.25) is 0 Å². The van der Waals surface area contributed by atoms with Gasteiger partial charge in [0.05, 0.1) is 7.11 Å². The Kier molecular flexibility index (Phi) is 6.23. The lowest BCUT2D eigenvalue weighted by atomic mass is 10.0. The normalized spacial score (nSPS) is 15.2. The van der Waals surface area contributed by atoms with E-state index in [-0.39, 0.29) is 11.8 Å². The maximum atomic E-state index is 12.9. The number of carbonyl (C=O) groups excluding carboxylic acids is 2. The smallest absolute Gasteiger partial charge is 0.254 e. The third-order valence-electron chi connectivity index (χ3n) is 4.57. The van der Waals surface area contributed by atoms with Gasteiger partial charge in [0.15, 0.2) is 0 Å². The van der Waals surface area contributed by atoms with E-state index in [2.05, 4.69) is 0 Å². The molecule has 0 radical (unpaired) electrons. The summed E-state index contributed by atoms with van der Waals surface area (Å²) < 4.78 is 5.32. The largest absolute Gasteiger partial charge is 0.496 e. The zero-order valence-corrected chi connectivity index (χ0v) is 15.2. The summed E-state index contributed by atoms with van der Waals surface area (Å²) in [7, 11) is 1.64. The quantitative estimate of drug-likeness (QED) is 0.852. The second-order valence-electron chi connectivity index (χ2n) is 6.41. The summed E-state index contributed by atoms with van der Waals surface area (Å²) >= 11 is 0. The molecule has 5 nitrogen and oxygen atoms in total. The van der Waals surface area contributed by atoms with Gasteiger partial charge < -0.3 is 14.5 Å². The molecule has 1 aliphatic rings. The van der Waals surface area contributed by atoms with Crippen molar-refractivity contribution in [3.63, 3.8) is 0 Å². The number of benzene rings is 1. The molecule has 0 bridgehead atoms. The van der Waals surface area contributed by atoms with Gasteiger partial charge in [0.2, 0.25) is 5.91 Å². The van der Waals surface area contributed by atoms with Gasteiger partial charge in [-0.1, -0.05) is 6.92 Å². The molecule has 0 unspecified atom stereocenters. The Balaban J connectivity index is 2.11. The van der Waals surface area contributed by atoms with E-state index < -0.39 is 0 Å². The van der Waals surface area contributed by atoms with Crippen LogP contribution < -0.4 is 4.74 Å². The van der Waals surface area contributed by atoms with Gasteiger partial charge in [0.25, 0.3) is 5.91 Å². The molecule has 1 aromatic rings. The molecule has 5 heteroatoms. The number of amides is 2. The number of hydrogen-bond donors (Lipinski definition) is 0. The van der Waals surface area contributed by atoms with Crippen LogP contribution in [0.25, 0.3) is 0 Å². The molecular formula is C19H28N2O3. The zero-order valence-electron chi connectivity index (χ0n) is 15.2. The molecule has 0 aromatic heterocycles. The van der Waals surface area contributed by atoms with Crippen molar-refractivity contribution < 1.29 is 14.3 Å². The summed E-state index contributed by atoms with van der Waals surface area (Å²) in [6.07, 6.45) is 2.28. The Morgan fingerprint density at radius 2 is 1.71 bits per heavy atom. The molecule has 1 fully saturated rings. The Morgan fingerprint density at radius 3 is 2.38 bits per heavy atom. The lowest BCUT2D eigenvalue weighted by molar-refractivity contribution is -0.131. The fourth-order valence-electron chi connectivity index (χ4n) is 3.15. The Bertz CT molecular complexity index is 613. The number of nitrogens with zero attached hydrogens (tertiary/aromatic N) is 2. The van der Waals surface area contributed by atoms with Gasteiger partial charge in [-0.2, -0.15) is 0 Å². The molecule has 1 aliphatic heterocycles. The molecule has 0 N–H and O–H groups in total. The SMILES string of the molecule is CCCC(=O)N1CCCN(C(=O)c2cc(C)c(OC)cc2C)CC1. The van der Waals surface area contributed by atoms with Crippen LogP contribution in [-0.4, -0.2) is 54.9 Å². The van der Waals surface area contributed by atoms with Crippen molar-refractivity contribution in [1.82, 2.24) is 9.80 Å². The van der Waals surface area contributed by atoms with E-state index in [1.807, 2.05) is 42.7 Å². The standard InChI is InChI=1S/C19H28N2O3/c1-5-7-18(22)20-8-6-9-21(11-10-20)19(23)16-12-15(3)17(24-4)13-14(16)2/h12-13H,5-11H2,1-4H3. The molecular weight excluding hydrogens is 304 g/mol. The molecule has 0 saturated carbocycles. The first-order valence-electron chi connectivity index (χ1n) is 8.70. The molecule has 1 heterocycles. The molecule has 1 saturated heterocycles. The van der Waals surface area contributed by atoms with Crippen LogP contribution in [0.3, 0.4) is 0 Å². The highest BCUT2D eigenvalue weighted by atomic mass is 16.5. The van der Waals surface area contributed by atoms with E-state index in [4.69, 9.17) is 4.74 Å². The summed E-state index contributed by atoms with van der Waals surface area (Å²) in [5, 5.41) is 0. The number of aryl methyl sites for hydroxylation is 2. The van der Waals surface area contributed by atoms with E-state index in [0.717, 1.165) is 41.8 Å². The van der Waals surface area contributed by atoms with E-state index in [1.165, 1.54) is 0 Å². The minimum atomic E-state index is 0.0445. The third-order valence-corrected chi connectivity index (χ3v) is 4.57. The van der Waals surface area contributed by atoms with Gasteiger partial charge in [-0.25, -0.2) is 0 Å². The number of ether oxygens (including phenoxy) is 1. The zero-order chi connectivity index (χ0) is 17.7. The van der Waals surface area contributed by atoms with Crippen LogP contribution in [-0.2, 0) is 4.79 Å². The maximum Gasteiger partial charge on any atom is 0.254 e. The predicted molar refractivity (Wildman–Crippen MR) is 94.5 cm³/mol. The van der Waals surface area contributed by atoms with Crippen molar-refractivity contribution in [1.29, 1.82) is 0 Å². The summed E-state index contributed by atoms with van der Waals surface area (Å²) in [4.78, 5) is 28.7. The van der Waals surface area contributed by atoms with Crippen molar-refractivity contribution in [2.45, 2.75) is 40.0 Å². The van der Waals surface area contributed by atoms with E-state index >= 15 is 0 Å². The monoisotopic (exact) mass is 332 g/mol. The van der Waals surface area contributed by atoms with E-state index in [0.29, 0.717) is 26.1 Å². The van der Waals surface area contributed by atoms with Gasteiger partial charge in [-0.15, -0.1) is 0 Å². The van der Waals surface area contributed by atoms with Gasteiger partial charge in [-0.05, 0) is 49.9 Å². The van der Waals surface area contributed by atoms with E-state index in [1.54, 1.807) is 7.11 Å². The molecule has 2 amide bonds. The first-order valence-corrected chi connectivity index (χ1v) is 8.70. The second kappa shape index (κ2) is 8.18. The lowest BCUT2D eigenvalue weighted by Crippen LogP contribution is -2.37. The van der Waals surface area contributed by atoms with Crippen LogP contribution in [0.1, 0.15) is 47.7 Å². The molecule has 24 heavy (non-hydrogen) atoms. The number of methoxy groups -OCH3 is 1. The fourth-order valence-corrected chi connectivity index (χ4v) is 3.15. The second-order valence-corrected chi connectivity index (χ2v) is 6.41. The summed E-state index contributed by atoms with van der Waals surface area (Å²) in [5.74, 6) is 1.04. The molecule has 132 valence electrons. The highest BCUT2D eigenvalue weighted by Crippen LogP contribution is 2.24. The highest BCUT2D eigenvalue weighted by Gasteiger charge is 2.23. The first kappa shape index (κ1) is 18.3. The number of carbonyl (C=O) groups is 2. The average molecular weight is 332 g/mol. The topological polar surface area (TPSA) is 49.9 Å². The van der Waals surface area contributed by atoms with Crippen molar-refractivity contribution in [2.75, 3.05) is 33.3 Å². The summed E-state index contributed by atoms with van der Waals surface area (Å²) in [6, 6.07) is 3.82. The average Bonchev–Trinajstić information content (AvgIpc) is 2.82. The fraction of sp³-hybridized carbons (Fsp3) is 0.579. The molecule has 0 aliphatic carbocycles. The van der Waals surface area contributed by atoms with Crippen molar-refractivity contribution in [3.05, 3.63) is 28.8 Å². The van der Waals surface area contributed by atoms with Crippen molar-refractivity contribution in [3.8, 4) is 5.75 Å². The van der Waals surface area contributed by atoms with Crippen LogP contribution in [0.4, 0.5) is 0 Å². The Labute approximate surface area is 144 Å². The molecule has 0 atom stereocenters. The minimum Gasteiger partial charge on any atom is -0.496 e.